The van der Waals surface area contributed by atoms with Crippen LogP contribution >= 0.6 is 11.6 Å². The number of hydrogen-bond acceptors (Lipinski definition) is 1. The standard InChI is InChI=1S/C19H19ClF2NO.Ti/c1-2-3-4-5-12-23(18-11-10-16(21)13-17(18)22)19(24)14-6-8-15(20)9-7-14;/h6-11H,2-5,12H2,1H3;/q-1;. The summed E-state index contributed by atoms with van der Waals surface area (Å²) in [4.78, 5) is 14.1. The van der Waals surface area contributed by atoms with Crippen LogP contribution < -0.4 is 4.90 Å². The second-order valence-corrected chi connectivity index (χ2v) is 5.97. The molecule has 0 N–H and O–H groups in total. The number of halogens is 3. The topological polar surface area (TPSA) is 20.3 Å². The molecule has 0 aliphatic carbocycles. The quantitative estimate of drug-likeness (QED) is 0.335. The molecule has 0 atom stereocenters. The van der Waals surface area contributed by atoms with Gasteiger partial charge in [-0.2, -0.15) is 0 Å². The van der Waals surface area contributed by atoms with Gasteiger partial charge in [-0.25, -0.2) is 8.78 Å². The van der Waals surface area contributed by atoms with E-state index in [2.05, 4.69) is 6.92 Å². The zero-order valence-electron chi connectivity index (χ0n) is 14.0. The molecule has 2 aromatic rings. The van der Waals surface area contributed by atoms with Crippen LogP contribution in [0, 0.1) is 17.7 Å². The number of benzene rings is 2. The van der Waals surface area contributed by atoms with Gasteiger partial charge in [-0.3, -0.25) is 4.79 Å². The van der Waals surface area contributed by atoms with Crippen molar-refractivity contribution in [2.75, 3.05) is 11.4 Å². The maximum absolute atomic E-state index is 14.1. The third-order valence-corrected chi connectivity index (χ3v) is 3.96. The zero-order chi connectivity index (χ0) is 17.5. The number of anilines is 1. The van der Waals surface area contributed by atoms with Gasteiger partial charge in [0.2, 0.25) is 5.91 Å². The van der Waals surface area contributed by atoms with Crippen LogP contribution in [0.15, 0.2) is 36.4 Å². The summed E-state index contributed by atoms with van der Waals surface area (Å²) < 4.78 is 27.2. The molecule has 0 unspecified atom stereocenters. The van der Waals surface area contributed by atoms with E-state index in [-0.39, 0.29) is 33.3 Å². The van der Waals surface area contributed by atoms with Crippen molar-refractivity contribution < 1.29 is 35.3 Å². The molecule has 2 rings (SSSR count). The Balaban J connectivity index is 0.00000312. The fourth-order valence-corrected chi connectivity index (χ4v) is 2.55. The Morgan fingerprint density at radius 1 is 1.08 bits per heavy atom. The van der Waals surface area contributed by atoms with Crippen molar-refractivity contribution in [3.8, 4) is 0 Å². The molecule has 0 saturated carbocycles. The average molecular weight is 399 g/mol. The van der Waals surface area contributed by atoms with Crippen LogP contribution in [0.2, 0.25) is 5.02 Å². The number of amides is 1. The molecule has 0 radical (unpaired) electrons. The maximum atomic E-state index is 14.1. The minimum Gasteiger partial charge on any atom is -0.359 e. The van der Waals surface area contributed by atoms with Crippen LogP contribution in [0.3, 0.4) is 0 Å². The first-order valence-electron chi connectivity index (χ1n) is 7.97. The molecule has 6 heteroatoms. The van der Waals surface area contributed by atoms with Gasteiger partial charge < -0.3 is 4.90 Å². The monoisotopic (exact) mass is 398 g/mol. The van der Waals surface area contributed by atoms with Crippen molar-refractivity contribution in [1.82, 2.24) is 0 Å². The van der Waals surface area contributed by atoms with Crippen molar-refractivity contribution in [2.24, 2.45) is 0 Å². The van der Waals surface area contributed by atoms with Gasteiger partial charge in [-0.05, 0) is 36.4 Å². The maximum Gasteiger partial charge on any atom is 0.247 e. The molecular formula is C19H19ClF2NOTi-. The number of rotatable bonds is 7. The Labute approximate surface area is 167 Å². The minimum atomic E-state index is -0.868. The van der Waals surface area contributed by atoms with E-state index in [1.807, 2.05) is 6.07 Å². The second-order valence-electron chi connectivity index (χ2n) is 5.53. The van der Waals surface area contributed by atoms with Gasteiger partial charge >= 0.3 is 0 Å². The number of unbranched alkanes of at least 4 members (excludes halogenated alkanes) is 3. The van der Waals surface area contributed by atoms with E-state index < -0.39 is 11.6 Å². The Kier molecular flexibility index (Phi) is 9.33. The van der Waals surface area contributed by atoms with Crippen LogP contribution in [0.25, 0.3) is 0 Å². The van der Waals surface area contributed by atoms with Crippen molar-refractivity contribution >= 4 is 23.2 Å². The molecule has 0 fully saturated rings. The minimum absolute atomic E-state index is 0. The SMILES string of the molecule is CCCCCCN(C(=O)c1ccc(Cl)cc1)c1ccc(F)[c-]c1F.[Ti]. The Morgan fingerprint density at radius 2 is 1.76 bits per heavy atom. The molecule has 1 amide bonds. The van der Waals surface area contributed by atoms with Crippen molar-refractivity contribution in [2.45, 2.75) is 32.6 Å². The van der Waals surface area contributed by atoms with Crippen molar-refractivity contribution in [3.05, 3.63) is 64.7 Å². The third-order valence-electron chi connectivity index (χ3n) is 3.70. The first-order valence-corrected chi connectivity index (χ1v) is 8.35. The van der Waals surface area contributed by atoms with E-state index >= 15 is 0 Å². The summed E-state index contributed by atoms with van der Waals surface area (Å²) in [7, 11) is 0. The molecule has 25 heavy (non-hydrogen) atoms. The molecule has 0 spiro atoms. The molecule has 2 aromatic carbocycles. The number of nitrogens with zero attached hydrogens (tertiary/aromatic N) is 1. The van der Waals surface area contributed by atoms with Gasteiger partial charge in [0.05, 0.1) is 0 Å². The predicted molar refractivity (Wildman–Crippen MR) is 92.5 cm³/mol. The Morgan fingerprint density at radius 3 is 2.36 bits per heavy atom. The molecule has 0 bridgehead atoms. The fraction of sp³-hybridized carbons (Fsp3) is 0.316. The third kappa shape index (κ3) is 6.21. The van der Waals surface area contributed by atoms with E-state index in [4.69, 9.17) is 11.6 Å². The van der Waals surface area contributed by atoms with Gasteiger partial charge in [0.1, 0.15) is 0 Å². The normalized spacial score (nSPS) is 10.2. The first-order chi connectivity index (χ1) is 11.5. The second kappa shape index (κ2) is 10.7. The number of carbonyl (C=O) groups is 1. The van der Waals surface area contributed by atoms with Crippen LogP contribution in [-0.4, -0.2) is 12.5 Å². The summed E-state index contributed by atoms with van der Waals surface area (Å²) in [5.41, 5.74) is 0.437. The molecule has 0 aromatic heterocycles. The van der Waals surface area contributed by atoms with E-state index in [1.165, 1.54) is 11.0 Å². The molecule has 132 valence electrons. The summed E-state index contributed by atoms with van der Waals surface area (Å²) >= 11 is 5.84. The van der Waals surface area contributed by atoms with Crippen LogP contribution in [0.4, 0.5) is 14.5 Å². The summed E-state index contributed by atoms with van der Waals surface area (Å²) in [6.07, 6.45) is 3.78. The van der Waals surface area contributed by atoms with Gasteiger partial charge in [-0.1, -0.05) is 37.8 Å². The van der Waals surface area contributed by atoms with Gasteiger partial charge in [0.15, 0.2) is 0 Å². The smallest absolute Gasteiger partial charge is 0.247 e. The summed E-state index contributed by atoms with van der Waals surface area (Å²) in [6.45, 7) is 2.45. The summed E-state index contributed by atoms with van der Waals surface area (Å²) in [5, 5.41) is 0.516. The predicted octanol–water partition coefficient (Wildman–Crippen LogP) is 5.64. The van der Waals surface area contributed by atoms with Crippen LogP contribution in [0.1, 0.15) is 43.0 Å². The number of carbonyl (C=O) groups excluding carboxylic acids is 1. The summed E-state index contributed by atoms with van der Waals surface area (Å²) in [5.74, 6) is -2.00. The zero-order valence-corrected chi connectivity index (χ0v) is 16.3. The van der Waals surface area contributed by atoms with Gasteiger partial charge in [0, 0.05) is 50.5 Å². The summed E-state index contributed by atoms with van der Waals surface area (Å²) in [6, 6.07) is 10.8. The van der Waals surface area contributed by atoms with Gasteiger partial charge in [-0.15, -0.1) is 18.2 Å². The molecule has 0 aliphatic heterocycles. The molecule has 0 saturated heterocycles. The molecule has 0 heterocycles. The fourth-order valence-electron chi connectivity index (χ4n) is 2.42. The Bertz CT molecular complexity index is 694. The molecular weight excluding hydrogens is 380 g/mol. The van der Waals surface area contributed by atoms with E-state index in [0.29, 0.717) is 17.1 Å². The largest absolute Gasteiger partial charge is 0.359 e. The van der Waals surface area contributed by atoms with E-state index in [1.54, 1.807) is 24.3 Å². The first kappa shape index (κ1) is 21.8. The molecule has 0 aliphatic rings. The van der Waals surface area contributed by atoms with E-state index in [9.17, 15) is 13.6 Å². The van der Waals surface area contributed by atoms with Crippen molar-refractivity contribution in [1.29, 1.82) is 0 Å². The average Bonchev–Trinajstić information content (AvgIpc) is 2.56. The number of hydrogen-bond donors (Lipinski definition) is 0. The van der Waals surface area contributed by atoms with E-state index in [0.717, 1.165) is 31.7 Å². The van der Waals surface area contributed by atoms with Gasteiger partial charge in [0.25, 0.3) is 0 Å². The van der Waals surface area contributed by atoms with Crippen LogP contribution in [0.5, 0.6) is 0 Å². The van der Waals surface area contributed by atoms with Crippen LogP contribution in [-0.2, 0) is 21.7 Å². The van der Waals surface area contributed by atoms with Crippen molar-refractivity contribution in [3.63, 3.8) is 0 Å². The molecule has 2 nitrogen and oxygen atoms in total. The Hall–Kier alpha value is -1.23.